The number of hydrogen-bond donors (Lipinski definition) is 1. The molecule has 0 spiro atoms. The zero-order valence-corrected chi connectivity index (χ0v) is 22.2. The molecule has 1 aliphatic heterocycles. The van der Waals surface area contributed by atoms with Gasteiger partial charge in [0.25, 0.3) is 0 Å². The van der Waals surface area contributed by atoms with Crippen molar-refractivity contribution in [2.45, 2.75) is 43.4 Å². The molecule has 4 aromatic rings. The second-order valence-corrected chi connectivity index (χ2v) is 12.2. The number of aliphatic hydroxyl groups is 1. The highest BCUT2D eigenvalue weighted by atomic mass is 35.5. The summed E-state index contributed by atoms with van der Waals surface area (Å²) in [5.41, 5.74) is 2.76. The van der Waals surface area contributed by atoms with Gasteiger partial charge < -0.3 is 14.4 Å². The van der Waals surface area contributed by atoms with Crippen molar-refractivity contribution in [1.82, 2.24) is 8.87 Å². The number of aromatic nitrogens is 1. The Balaban J connectivity index is 1.47. The van der Waals surface area contributed by atoms with Crippen LogP contribution >= 0.6 is 23.2 Å². The first-order chi connectivity index (χ1) is 17.2. The molecule has 1 saturated heterocycles. The minimum Gasteiger partial charge on any atom is -0.390 e. The average molecular weight is 548 g/mol. The molecule has 0 bridgehead atoms. The summed E-state index contributed by atoms with van der Waals surface area (Å²) in [6.45, 7) is 2.88. The van der Waals surface area contributed by atoms with E-state index in [1.54, 1.807) is 36.4 Å². The van der Waals surface area contributed by atoms with Gasteiger partial charge in [-0.3, -0.25) is 0 Å². The van der Waals surface area contributed by atoms with Gasteiger partial charge in [0, 0.05) is 51.5 Å². The van der Waals surface area contributed by atoms with E-state index >= 15 is 0 Å². The number of benzene rings is 3. The molecule has 0 amide bonds. The fourth-order valence-electron chi connectivity index (χ4n) is 4.89. The molecule has 190 valence electrons. The van der Waals surface area contributed by atoms with Gasteiger partial charge in [-0.25, -0.2) is 8.42 Å². The number of rotatable bonds is 8. The monoisotopic (exact) mass is 546 g/mol. The van der Waals surface area contributed by atoms with Crippen LogP contribution in [0.25, 0.3) is 21.8 Å². The lowest BCUT2D eigenvalue weighted by molar-refractivity contribution is 0.0751. The minimum absolute atomic E-state index is 0.0571. The molecular formula is C27H28Cl2N2O4S. The summed E-state index contributed by atoms with van der Waals surface area (Å²) >= 11 is 12.5. The van der Waals surface area contributed by atoms with Crippen molar-refractivity contribution in [2.24, 2.45) is 0 Å². The van der Waals surface area contributed by atoms with Crippen molar-refractivity contribution in [1.29, 1.82) is 0 Å². The molecule has 0 aliphatic carbocycles. The molecule has 3 aromatic carbocycles. The molecule has 0 unspecified atom stereocenters. The number of halogens is 2. The van der Waals surface area contributed by atoms with Crippen LogP contribution < -0.4 is 0 Å². The van der Waals surface area contributed by atoms with Gasteiger partial charge in [-0.05, 0) is 68.3 Å². The van der Waals surface area contributed by atoms with E-state index in [2.05, 4.69) is 0 Å². The third-order valence-electron chi connectivity index (χ3n) is 6.69. The van der Waals surface area contributed by atoms with Crippen LogP contribution in [0.4, 0.5) is 0 Å². The second kappa shape index (κ2) is 10.3. The molecule has 6 nitrogen and oxygen atoms in total. The van der Waals surface area contributed by atoms with Gasteiger partial charge in [0.1, 0.15) is 0 Å². The highest BCUT2D eigenvalue weighted by molar-refractivity contribution is 7.89. The van der Waals surface area contributed by atoms with E-state index in [-0.39, 0.29) is 30.6 Å². The minimum atomic E-state index is -3.83. The van der Waals surface area contributed by atoms with Crippen LogP contribution in [0.5, 0.6) is 0 Å². The number of nitrogens with zero attached hydrogens (tertiary/aromatic N) is 2. The van der Waals surface area contributed by atoms with E-state index in [4.69, 9.17) is 27.9 Å². The highest BCUT2D eigenvalue weighted by Crippen LogP contribution is 2.33. The van der Waals surface area contributed by atoms with Crippen LogP contribution in [0.2, 0.25) is 10.0 Å². The lowest BCUT2D eigenvalue weighted by atomic mass is 10.1. The van der Waals surface area contributed by atoms with Gasteiger partial charge in [-0.2, -0.15) is 4.31 Å². The van der Waals surface area contributed by atoms with Crippen molar-refractivity contribution in [3.05, 3.63) is 76.3 Å². The molecule has 9 heteroatoms. The van der Waals surface area contributed by atoms with Crippen molar-refractivity contribution < 1.29 is 18.3 Å². The molecule has 2 atom stereocenters. The molecule has 2 heterocycles. The van der Waals surface area contributed by atoms with Gasteiger partial charge in [-0.1, -0.05) is 40.9 Å². The molecule has 1 aromatic heterocycles. The third-order valence-corrected chi connectivity index (χ3v) is 9.00. The molecular weight excluding hydrogens is 519 g/mol. The average Bonchev–Trinajstić information content (AvgIpc) is 3.45. The largest absolute Gasteiger partial charge is 0.390 e. The van der Waals surface area contributed by atoms with Crippen molar-refractivity contribution in [2.75, 3.05) is 19.7 Å². The lowest BCUT2D eigenvalue weighted by Gasteiger charge is -2.27. The predicted octanol–water partition coefficient (Wildman–Crippen LogP) is 5.64. The van der Waals surface area contributed by atoms with E-state index in [1.807, 2.05) is 35.8 Å². The van der Waals surface area contributed by atoms with E-state index in [1.165, 1.54) is 4.31 Å². The quantitative estimate of drug-likeness (QED) is 0.310. The Morgan fingerprint density at radius 2 is 1.64 bits per heavy atom. The standard InChI is InChI=1S/C27H28Cl2N2O4S/c1-18-4-8-23(9-5-18)36(33,34)30(17-22-3-2-12-35-22)15-21(32)16-31-26-10-6-19(28)13-24(26)25-14-20(29)7-11-27(25)31/h4-11,13-14,21-22,32H,2-3,12,15-17H2,1H3/t21-,22+/m0/s1. The fourth-order valence-corrected chi connectivity index (χ4v) is 6.75. The first kappa shape index (κ1) is 25.5. The van der Waals surface area contributed by atoms with Gasteiger partial charge in [0.2, 0.25) is 10.0 Å². The normalized spacial score (nSPS) is 17.4. The SMILES string of the molecule is Cc1ccc(S(=O)(=O)N(C[C@H](O)Cn2c3ccc(Cl)cc3c3cc(Cl)ccc32)C[C@H]2CCCO2)cc1. The van der Waals surface area contributed by atoms with Crippen LogP contribution in [-0.4, -0.2) is 54.3 Å². The Hall–Kier alpha value is -2.13. The van der Waals surface area contributed by atoms with Gasteiger partial charge in [0.05, 0.1) is 23.6 Å². The highest BCUT2D eigenvalue weighted by Gasteiger charge is 2.31. The molecule has 0 radical (unpaired) electrons. The summed E-state index contributed by atoms with van der Waals surface area (Å²) in [7, 11) is -3.83. The summed E-state index contributed by atoms with van der Waals surface area (Å²) in [5.74, 6) is 0. The van der Waals surface area contributed by atoms with E-state index in [0.717, 1.165) is 40.2 Å². The topological polar surface area (TPSA) is 71.8 Å². The van der Waals surface area contributed by atoms with Crippen LogP contribution in [0.3, 0.4) is 0 Å². The van der Waals surface area contributed by atoms with Gasteiger partial charge in [-0.15, -0.1) is 0 Å². The number of aliphatic hydroxyl groups excluding tert-OH is 1. The van der Waals surface area contributed by atoms with Crippen molar-refractivity contribution in [3.8, 4) is 0 Å². The van der Waals surface area contributed by atoms with E-state index < -0.39 is 16.1 Å². The zero-order chi connectivity index (χ0) is 25.4. The Morgan fingerprint density at radius 1 is 1.03 bits per heavy atom. The Kier molecular flexibility index (Phi) is 7.32. The van der Waals surface area contributed by atoms with Crippen molar-refractivity contribution >= 4 is 55.0 Å². The smallest absolute Gasteiger partial charge is 0.243 e. The number of fused-ring (bicyclic) bond motifs is 3. The van der Waals surface area contributed by atoms with Crippen molar-refractivity contribution in [3.63, 3.8) is 0 Å². The number of hydrogen-bond acceptors (Lipinski definition) is 4. The maximum Gasteiger partial charge on any atom is 0.243 e. The van der Waals surface area contributed by atoms with Crippen LogP contribution in [0, 0.1) is 6.92 Å². The predicted molar refractivity (Wildman–Crippen MR) is 144 cm³/mol. The fraction of sp³-hybridized carbons (Fsp3) is 0.333. The summed E-state index contributed by atoms with van der Waals surface area (Å²) in [5, 5.41) is 14.3. The first-order valence-electron chi connectivity index (χ1n) is 12.0. The summed E-state index contributed by atoms with van der Waals surface area (Å²) in [4.78, 5) is 0.208. The molecule has 1 N–H and O–H groups in total. The molecule has 1 aliphatic rings. The summed E-state index contributed by atoms with van der Waals surface area (Å²) in [6.07, 6.45) is 0.550. The lowest BCUT2D eigenvalue weighted by Crippen LogP contribution is -2.43. The molecule has 0 saturated carbocycles. The maximum atomic E-state index is 13.6. The summed E-state index contributed by atoms with van der Waals surface area (Å²) in [6, 6.07) is 18.0. The number of ether oxygens (including phenoxy) is 1. The van der Waals surface area contributed by atoms with E-state index in [0.29, 0.717) is 16.7 Å². The van der Waals surface area contributed by atoms with E-state index in [9.17, 15) is 13.5 Å². The Labute approximate surface area is 221 Å². The maximum absolute atomic E-state index is 13.6. The number of aryl methyl sites for hydroxylation is 1. The summed E-state index contributed by atoms with van der Waals surface area (Å²) < 4.78 is 36.3. The second-order valence-electron chi connectivity index (χ2n) is 9.36. The molecule has 36 heavy (non-hydrogen) atoms. The van der Waals surface area contributed by atoms with Gasteiger partial charge >= 0.3 is 0 Å². The molecule has 5 rings (SSSR count). The van der Waals surface area contributed by atoms with Crippen LogP contribution in [0.1, 0.15) is 18.4 Å². The van der Waals surface area contributed by atoms with Crippen LogP contribution in [-0.2, 0) is 21.3 Å². The third kappa shape index (κ3) is 5.14. The Bertz CT molecular complexity index is 1440. The zero-order valence-electron chi connectivity index (χ0n) is 19.9. The molecule has 1 fully saturated rings. The van der Waals surface area contributed by atoms with Crippen LogP contribution in [0.15, 0.2) is 65.6 Å². The number of sulfonamides is 1. The van der Waals surface area contributed by atoms with Gasteiger partial charge in [0.15, 0.2) is 0 Å². The first-order valence-corrected chi connectivity index (χ1v) is 14.2. The Morgan fingerprint density at radius 3 is 2.19 bits per heavy atom.